The Balaban J connectivity index is 2.25. The van der Waals surface area contributed by atoms with Crippen molar-refractivity contribution in [1.29, 1.82) is 0 Å². The van der Waals surface area contributed by atoms with Crippen LogP contribution in [-0.2, 0) is 16.6 Å². The Morgan fingerprint density at radius 1 is 0.962 bits per heavy atom. The largest absolute Gasteiger partial charge is 0.495 e. The van der Waals surface area contributed by atoms with Crippen LogP contribution < -0.4 is 18.9 Å². The number of sulfonamides is 1. The van der Waals surface area contributed by atoms with E-state index >= 15 is 0 Å². The molecular weight excluding hydrogens is 364 g/mol. The van der Waals surface area contributed by atoms with Crippen LogP contribution in [0.5, 0.6) is 17.2 Å². The maximum Gasteiger partial charge on any atom is 0.273 e. The minimum absolute atomic E-state index is 0.0111. The summed E-state index contributed by atoms with van der Waals surface area (Å²) in [5.74, 6) is 0.882. The molecule has 0 amide bonds. The van der Waals surface area contributed by atoms with Crippen LogP contribution in [0.2, 0.25) is 0 Å². The lowest BCUT2D eigenvalue weighted by molar-refractivity contribution is -0.385. The molecule has 0 bridgehead atoms. The molecule has 0 aliphatic heterocycles. The van der Waals surface area contributed by atoms with Crippen LogP contribution in [0.3, 0.4) is 0 Å². The van der Waals surface area contributed by atoms with Gasteiger partial charge in [0, 0.05) is 12.6 Å². The van der Waals surface area contributed by atoms with E-state index in [4.69, 9.17) is 14.2 Å². The van der Waals surface area contributed by atoms with E-state index in [0.29, 0.717) is 17.1 Å². The van der Waals surface area contributed by atoms with Crippen LogP contribution in [0.15, 0.2) is 41.3 Å². The molecule has 0 saturated carbocycles. The summed E-state index contributed by atoms with van der Waals surface area (Å²) >= 11 is 0. The molecule has 2 aromatic carbocycles. The minimum atomic E-state index is -3.95. The monoisotopic (exact) mass is 382 g/mol. The molecule has 26 heavy (non-hydrogen) atoms. The zero-order valence-electron chi connectivity index (χ0n) is 14.4. The number of nitro benzene ring substituents is 1. The van der Waals surface area contributed by atoms with Gasteiger partial charge < -0.3 is 14.2 Å². The maximum absolute atomic E-state index is 12.5. The number of hydrogen-bond donors (Lipinski definition) is 1. The first-order valence-corrected chi connectivity index (χ1v) is 8.83. The number of nitrogens with zero attached hydrogens (tertiary/aromatic N) is 1. The summed E-state index contributed by atoms with van der Waals surface area (Å²) < 4.78 is 42.8. The number of hydrogen-bond acceptors (Lipinski definition) is 7. The molecule has 0 spiro atoms. The highest BCUT2D eigenvalue weighted by atomic mass is 32.2. The van der Waals surface area contributed by atoms with Crippen molar-refractivity contribution in [3.05, 3.63) is 52.1 Å². The van der Waals surface area contributed by atoms with Crippen molar-refractivity contribution in [3.63, 3.8) is 0 Å². The fourth-order valence-corrected chi connectivity index (χ4v) is 3.41. The van der Waals surface area contributed by atoms with Gasteiger partial charge in [-0.1, -0.05) is 6.07 Å². The summed E-state index contributed by atoms with van der Waals surface area (Å²) in [5.41, 5.74) is 0.382. The van der Waals surface area contributed by atoms with E-state index < -0.39 is 14.9 Å². The van der Waals surface area contributed by atoms with E-state index in [1.165, 1.54) is 21.3 Å². The van der Waals surface area contributed by atoms with Crippen molar-refractivity contribution in [2.45, 2.75) is 11.4 Å². The van der Waals surface area contributed by atoms with E-state index in [0.717, 1.165) is 18.2 Å². The first kappa shape index (κ1) is 19.5. The van der Waals surface area contributed by atoms with Gasteiger partial charge in [0.15, 0.2) is 11.5 Å². The topological polar surface area (TPSA) is 117 Å². The molecule has 0 aromatic heterocycles. The molecule has 2 rings (SSSR count). The standard InChI is InChI=1S/C16H18N2O7S/c1-23-13-6-4-11(8-14(13)24-2)10-17-26(21,22)16-7-5-12(18(19)20)9-15(16)25-3/h4-9,17H,10H2,1-3H3. The van der Waals surface area contributed by atoms with E-state index in [1.807, 2.05) is 0 Å². The molecule has 10 heteroatoms. The third-order valence-corrected chi connectivity index (χ3v) is 5.00. The highest BCUT2D eigenvalue weighted by Crippen LogP contribution is 2.29. The van der Waals surface area contributed by atoms with Gasteiger partial charge in [0.1, 0.15) is 10.6 Å². The highest BCUT2D eigenvalue weighted by Gasteiger charge is 2.22. The molecule has 0 fully saturated rings. The second kappa shape index (κ2) is 8.02. The Kier molecular flexibility index (Phi) is 6.01. The average Bonchev–Trinajstić information content (AvgIpc) is 2.65. The van der Waals surface area contributed by atoms with Crippen molar-refractivity contribution in [2.75, 3.05) is 21.3 Å². The normalized spacial score (nSPS) is 11.0. The molecule has 0 aliphatic carbocycles. The van der Waals surface area contributed by atoms with Crippen LogP contribution in [0, 0.1) is 10.1 Å². The van der Waals surface area contributed by atoms with Gasteiger partial charge in [0.25, 0.3) is 5.69 Å². The number of non-ortho nitro benzene ring substituents is 1. The molecule has 0 heterocycles. The Morgan fingerprint density at radius 3 is 2.19 bits per heavy atom. The SMILES string of the molecule is COc1ccc(CNS(=O)(=O)c2ccc([N+](=O)[O-])cc2OC)cc1OC. The van der Waals surface area contributed by atoms with Gasteiger partial charge in [-0.15, -0.1) is 0 Å². The lowest BCUT2D eigenvalue weighted by atomic mass is 10.2. The second-order valence-corrected chi connectivity index (χ2v) is 6.84. The second-order valence-electron chi connectivity index (χ2n) is 5.11. The molecular formula is C16H18N2O7S. The predicted octanol–water partition coefficient (Wildman–Crippen LogP) is 2.10. The number of nitro groups is 1. The Bertz CT molecular complexity index is 913. The summed E-state index contributed by atoms with van der Waals surface area (Å²) in [6.07, 6.45) is 0. The van der Waals surface area contributed by atoms with Gasteiger partial charge in [-0.25, -0.2) is 13.1 Å². The fraction of sp³-hybridized carbons (Fsp3) is 0.250. The van der Waals surface area contributed by atoms with Crippen molar-refractivity contribution < 1.29 is 27.6 Å². The van der Waals surface area contributed by atoms with Crippen molar-refractivity contribution in [2.24, 2.45) is 0 Å². The number of ether oxygens (including phenoxy) is 3. The molecule has 0 atom stereocenters. The molecule has 0 saturated heterocycles. The Labute approximate surface area is 150 Å². The van der Waals surface area contributed by atoms with E-state index in [1.54, 1.807) is 18.2 Å². The number of methoxy groups -OCH3 is 3. The van der Waals surface area contributed by atoms with Gasteiger partial charge in [0.2, 0.25) is 10.0 Å². The molecule has 1 N–H and O–H groups in total. The van der Waals surface area contributed by atoms with Crippen LogP contribution >= 0.6 is 0 Å². The smallest absolute Gasteiger partial charge is 0.273 e. The summed E-state index contributed by atoms with van der Waals surface area (Å²) in [6.45, 7) is -0.0111. The maximum atomic E-state index is 12.5. The lowest BCUT2D eigenvalue weighted by Gasteiger charge is -2.12. The summed E-state index contributed by atoms with van der Waals surface area (Å²) in [6, 6.07) is 8.30. The quantitative estimate of drug-likeness (QED) is 0.549. The molecule has 0 radical (unpaired) electrons. The van der Waals surface area contributed by atoms with Crippen molar-refractivity contribution in [1.82, 2.24) is 4.72 Å². The fourth-order valence-electron chi connectivity index (χ4n) is 2.24. The summed E-state index contributed by atoms with van der Waals surface area (Å²) in [4.78, 5) is 10.00. The van der Waals surface area contributed by atoms with Gasteiger partial charge in [-0.05, 0) is 23.8 Å². The van der Waals surface area contributed by atoms with E-state index in [2.05, 4.69) is 4.72 Å². The summed E-state index contributed by atoms with van der Waals surface area (Å²) in [5, 5.41) is 10.8. The minimum Gasteiger partial charge on any atom is -0.495 e. The van der Waals surface area contributed by atoms with Crippen LogP contribution in [0.25, 0.3) is 0 Å². The molecule has 9 nitrogen and oxygen atoms in total. The van der Waals surface area contributed by atoms with Gasteiger partial charge in [-0.3, -0.25) is 10.1 Å². The number of rotatable bonds is 8. The Morgan fingerprint density at radius 2 is 1.62 bits per heavy atom. The lowest BCUT2D eigenvalue weighted by Crippen LogP contribution is -2.23. The Hall–Kier alpha value is -2.85. The van der Waals surface area contributed by atoms with E-state index in [-0.39, 0.29) is 22.9 Å². The van der Waals surface area contributed by atoms with Gasteiger partial charge in [-0.2, -0.15) is 0 Å². The number of benzene rings is 2. The molecule has 2 aromatic rings. The third kappa shape index (κ3) is 4.21. The first-order valence-electron chi connectivity index (χ1n) is 7.35. The van der Waals surface area contributed by atoms with E-state index in [9.17, 15) is 18.5 Å². The van der Waals surface area contributed by atoms with Gasteiger partial charge in [0.05, 0.1) is 32.3 Å². The molecule has 0 unspecified atom stereocenters. The van der Waals surface area contributed by atoms with Gasteiger partial charge >= 0.3 is 0 Å². The summed E-state index contributed by atoms with van der Waals surface area (Å²) in [7, 11) is 0.275. The average molecular weight is 382 g/mol. The first-order chi connectivity index (χ1) is 12.3. The van der Waals surface area contributed by atoms with Crippen LogP contribution in [0.1, 0.15) is 5.56 Å². The van der Waals surface area contributed by atoms with Crippen molar-refractivity contribution >= 4 is 15.7 Å². The molecule has 140 valence electrons. The van der Waals surface area contributed by atoms with Crippen molar-refractivity contribution in [3.8, 4) is 17.2 Å². The third-order valence-electron chi connectivity index (χ3n) is 3.56. The number of nitrogens with one attached hydrogen (secondary N) is 1. The zero-order valence-corrected chi connectivity index (χ0v) is 15.2. The highest BCUT2D eigenvalue weighted by molar-refractivity contribution is 7.89. The molecule has 0 aliphatic rings. The van der Waals surface area contributed by atoms with Crippen LogP contribution in [-0.4, -0.2) is 34.7 Å². The predicted molar refractivity (Wildman–Crippen MR) is 93.2 cm³/mol. The van der Waals surface area contributed by atoms with Crippen LogP contribution in [0.4, 0.5) is 5.69 Å². The zero-order chi connectivity index (χ0) is 19.3.